The molecule has 28 heavy (non-hydrogen) atoms. The molecule has 0 atom stereocenters. The molecule has 1 amide bonds. The molecule has 4 rings (SSSR count). The van der Waals surface area contributed by atoms with E-state index in [-0.39, 0.29) is 5.91 Å². The third-order valence-electron chi connectivity index (χ3n) is 4.79. The summed E-state index contributed by atoms with van der Waals surface area (Å²) in [5, 5.41) is 7.37. The molecule has 144 valence electrons. The number of halogens is 1. The topological polar surface area (TPSA) is 84.2 Å². The highest BCUT2D eigenvalue weighted by atomic mass is 35.5. The number of aromatic nitrogens is 3. The number of piperidine rings is 1. The molecule has 1 fully saturated rings. The second kappa shape index (κ2) is 7.98. The number of nitrogens with zero attached hydrogens (tertiary/aromatic N) is 4. The summed E-state index contributed by atoms with van der Waals surface area (Å²) in [7, 11) is 0. The molecule has 7 nitrogen and oxygen atoms in total. The molecule has 0 spiro atoms. The number of rotatable bonds is 4. The van der Waals surface area contributed by atoms with Crippen LogP contribution in [0.25, 0.3) is 11.3 Å². The van der Waals surface area contributed by atoms with Gasteiger partial charge in [-0.05, 0) is 32.3 Å². The van der Waals surface area contributed by atoms with E-state index in [2.05, 4.69) is 25.3 Å². The maximum atomic E-state index is 13.0. The van der Waals surface area contributed by atoms with Crippen molar-refractivity contribution in [3.05, 3.63) is 53.0 Å². The fraction of sp³-hybridized carbons (Fsp3) is 0.300. The minimum Gasteiger partial charge on any atom is -0.360 e. The average molecular weight is 398 g/mol. The maximum Gasteiger partial charge on any atom is 0.262 e. The number of hydrogen-bond acceptors (Lipinski definition) is 6. The first kappa shape index (κ1) is 18.4. The molecule has 8 heteroatoms. The molecule has 1 aromatic carbocycles. The zero-order valence-corrected chi connectivity index (χ0v) is 16.2. The molecule has 1 aliphatic heterocycles. The van der Waals surface area contributed by atoms with Gasteiger partial charge in [-0.15, -0.1) is 0 Å². The van der Waals surface area contributed by atoms with Crippen LogP contribution >= 0.6 is 11.6 Å². The van der Waals surface area contributed by atoms with Crippen LogP contribution in [0.5, 0.6) is 0 Å². The van der Waals surface area contributed by atoms with E-state index in [9.17, 15) is 4.79 Å². The highest BCUT2D eigenvalue weighted by Gasteiger charge is 2.23. The van der Waals surface area contributed by atoms with Crippen LogP contribution in [-0.4, -0.2) is 34.1 Å². The Morgan fingerprint density at radius 3 is 2.75 bits per heavy atom. The summed E-state index contributed by atoms with van der Waals surface area (Å²) in [6.07, 6.45) is 5.00. The first-order valence-electron chi connectivity index (χ1n) is 9.23. The Balaban J connectivity index is 1.60. The Hall–Kier alpha value is -2.93. The Kier molecular flexibility index (Phi) is 5.25. The molecular weight excluding hydrogens is 378 g/mol. The van der Waals surface area contributed by atoms with Crippen molar-refractivity contribution < 1.29 is 9.32 Å². The Bertz CT molecular complexity index is 998. The second-order valence-electron chi connectivity index (χ2n) is 6.71. The van der Waals surface area contributed by atoms with E-state index in [0.717, 1.165) is 31.7 Å². The summed E-state index contributed by atoms with van der Waals surface area (Å²) in [5.74, 6) is 1.32. The fourth-order valence-electron chi connectivity index (χ4n) is 3.37. The number of carbonyl (C=O) groups excluding carboxylic acids is 1. The SMILES string of the molecule is Cc1onc(-c2ccccc2Cl)c1C(=O)Nc1cc(N2CCCCC2)ncn1. The predicted molar refractivity (Wildman–Crippen MR) is 108 cm³/mol. The van der Waals surface area contributed by atoms with Crippen LogP contribution in [0.1, 0.15) is 35.4 Å². The number of hydrogen-bond donors (Lipinski definition) is 1. The number of carbonyl (C=O) groups is 1. The van der Waals surface area contributed by atoms with Gasteiger partial charge in [-0.2, -0.15) is 0 Å². The van der Waals surface area contributed by atoms with E-state index >= 15 is 0 Å². The van der Waals surface area contributed by atoms with Crippen molar-refractivity contribution >= 4 is 29.1 Å². The molecule has 2 aromatic heterocycles. The lowest BCUT2D eigenvalue weighted by Crippen LogP contribution is -2.30. The van der Waals surface area contributed by atoms with Crippen molar-refractivity contribution in [1.29, 1.82) is 0 Å². The van der Waals surface area contributed by atoms with E-state index in [0.29, 0.717) is 33.4 Å². The highest BCUT2D eigenvalue weighted by Crippen LogP contribution is 2.31. The predicted octanol–water partition coefficient (Wildman–Crippen LogP) is 4.34. The van der Waals surface area contributed by atoms with Gasteiger partial charge in [0.2, 0.25) is 0 Å². The monoisotopic (exact) mass is 397 g/mol. The first-order valence-corrected chi connectivity index (χ1v) is 9.61. The van der Waals surface area contributed by atoms with Crippen molar-refractivity contribution in [1.82, 2.24) is 15.1 Å². The summed E-state index contributed by atoms with van der Waals surface area (Å²) in [4.78, 5) is 23.7. The number of anilines is 2. The number of benzene rings is 1. The van der Waals surface area contributed by atoms with Gasteiger partial charge in [0.15, 0.2) is 0 Å². The van der Waals surface area contributed by atoms with Gasteiger partial charge in [0.25, 0.3) is 5.91 Å². The molecule has 1 aliphatic rings. The molecule has 1 saturated heterocycles. The van der Waals surface area contributed by atoms with Crippen molar-refractivity contribution in [3.63, 3.8) is 0 Å². The summed E-state index contributed by atoms with van der Waals surface area (Å²) >= 11 is 6.27. The molecule has 0 unspecified atom stereocenters. The quantitative estimate of drug-likeness (QED) is 0.705. The fourth-order valence-corrected chi connectivity index (χ4v) is 3.59. The molecule has 0 bridgehead atoms. The van der Waals surface area contributed by atoms with Crippen LogP contribution < -0.4 is 10.2 Å². The molecule has 0 radical (unpaired) electrons. The van der Waals surface area contributed by atoms with Crippen molar-refractivity contribution in [2.75, 3.05) is 23.3 Å². The van der Waals surface area contributed by atoms with Crippen LogP contribution in [0.4, 0.5) is 11.6 Å². The molecule has 0 aliphatic carbocycles. The lowest BCUT2D eigenvalue weighted by Gasteiger charge is -2.27. The molecule has 1 N–H and O–H groups in total. The van der Waals surface area contributed by atoms with Crippen molar-refractivity contribution in [3.8, 4) is 11.3 Å². The van der Waals surface area contributed by atoms with E-state index in [4.69, 9.17) is 16.1 Å². The smallest absolute Gasteiger partial charge is 0.262 e. The zero-order chi connectivity index (χ0) is 19.5. The minimum atomic E-state index is -0.350. The van der Waals surface area contributed by atoms with Gasteiger partial charge in [0.1, 0.15) is 35.0 Å². The summed E-state index contributed by atoms with van der Waals surface area (Å²) in [6.45, 7) is 3.62. The normalized spacial score (nSPS) is 14.1. The lowest BCUT2D eigenvalue weighted by atomic mass is 10.1. The van der Waals surface area contributed by atoms with Crippen LogP contribution in [0.15, 0.2) is 41.2 Å². The van der Waals surface area contributed by atoms with Crippen molar-refractivity contribution in [2.45, 2.75) is 26.2 Å². The number of aryl methyl sites for hydroxylation is 1. The van der Waals surface area contributed by atoms with Gasteiger partial charge in [0.05, 0.1) is 5.02 Å². The van der Waals surface area contributed by atoms with Gasteiger partial charge >= 0.3 is 0 Å². The number of amides is 1. The van der Waals surface area contributed by atoms with E-state index in [1.54, 1.807) is 25.1 Å². The molecular formula is C20H20ClN5O2. The Morgan fingerprint density at radius 1 is 1.18 bits per heavy atom. The lowest BCUT2D eigenvalue weighted by molar-refractivity contribution is 0.102. The number of nitrogens with one attached hydrogen (secondary N) is 1. The third-order valence-corrected chi connectivity index (χ3v) is 5.12. The Labute approximate surface area is 167 Å². The minimum absolute atomic E-state index is 0.339. The zero-order valence-electron chi connectivity index (χ0n) is 15.5. The van der Waals surface area contributed by atoms with Gasteiger partial charge in [-0.3, -0.25) is 4.79 Å². The van der Waals surface area contributed by atoms with E-state index < -0.39 is 0 Å². The maximum absolute atomic E-state index is 13.0. The summed E-state index contributed by atoms with van der Waals surface area (Å²) < 4.78 is 5.27. The van der Waals surface area contributed by atoms with Crippen LogP contribution in [0.2, 0.25) is 5.02 Å². The summed E-state index contributed by atoms with van der Waals surface area (Å²) in [5.41, 5.74) is 1.39. The van der Waals surface area contributed by atoms with Gasteiger partial charge in [-0.25, -0.2) is 9.97 Å². The van der Waals surface area contributed by atoms with Gasteiger partial charge in [0, 0.05) is 24.7 Å². The Morgan fingerprint density at radius 2 is 1.96 bits per heavy atom. The van der Waals surface area contributed by atoms with Crippen LogP contribution in [0.3, 0.4) is 0 Å². The standard InChI is InChI=1S/C20H20ClN5O2/c1-13-18(19(25-28-13)14-7-3-4-8-15(14)21)20(27)24-16-11-17(23-12-22-16)26-9-5-2-6-10-26/h3-4,7-8,11-12H,2,5-6,9-10H2,1H3,(H,22,23,24,27). The first-order chi connectivity index (χ1) is 13.6. The molecule has 0 saturated carbocycles. The van der Waals surface area contributed by atoms with Gasteiger partial charge < -0.3 is 14.7 Å². The molecule has 3 aromatic rings. The second-order valence-corrected chi connectivity index (χ2v) is 7.11. The largest absolute Gasteiger partial charge is 0.360 e. The summed E-state index contributed by atoms with van der Waals surface area (Å²) in [6, 6.07) is 9.00. The average Bonchev–Trinajstić information content (AvgIpc) is 3.10. The van der Waals surface area contributed by atoms with Crippen LogP contribution in [-0.2, 0) is 0 Å². The van der Waals surface area contributed by atoms with E-state index in [1.807, 2.05) is 12.1 Å². The van der Waals surface area contributed by atoms with Crippen molar-refractivity contribution in [2.24, 2.45) is 0 Å². The molecule has 3 heterocycles. The third kappa shape index (κ3) is 3.71. The van der Waals surface area contributed by atoms with Gasteiger partial charge in [-0.1, -0.05) is 35.0 Å². The van der Waals surface area contributed by atoms with Crippen LogP contribution in [0, 0.1) is 6.92 Å². The van der Waals surface area contributed by atoms with E-state index in [1.165, 1.54) is 12.7 Å². The highest BCUT2D eigenvalue weighted by molar-refractivity contribution is 6.33.